The second kappa shape index (κ2) is 5.66. The summed E-state index contributed by atoms with van der Waals surface area (Å²) >= 11 is 0. The van der Waals surface area contributed by atoms with Gasteiger partial charge in [0.15, 0.2) is 5.69 Å². The van der Waals surface area contributed by atoms with Gasteiger partial charge >= 0.3 is 5.97 Å². The number of amides is 1. The van der Waals surface area contributed by atoms with Gasteiger partial charge in [0.25, 0.3) is 0 Å². The lowest BCUT2D eigenvalue weighted by Crippen LogP contribution is -2.33. The van der Waals surface area contributed by atoms with Crippen LogP contribution in [0.4, 0.5) is 0 Å². The number of likely N-dealkylation sites (tertiary alicyclic amines) is 1. The number of imidazole rings is 1. The summed E-state index contributed by atoms with van der Waals surface area (Å²) in [5.41, 5.74) is 0.0391. The highest BCUT2D eigenvalue weighted by atomic mass is 16.4. The molecule has 6 heteroatoms. The molecular formula is C12H17N3O3. The van der Waals surface area contributed by atoms with E-state index in [1.165, 1.54) is 12.5 Å². The van der Waals surface area contributed by atoms with Gasteiger partial charge in [-0.2, -0.15) is 0 Å². The summed E-state index contributed by atoms with van der Waals surface area (Å²) in [5, 5.41) is 8.75. The second-order valence-electron chi connectivity index (χ2n) is 4.49. The van der Waals surface area contributed by atoms with E-state index in [1.807, 2.05) is 4.90 Å². The van der Waals surface area contributed by atoms with E-state index in [4.69, 9.17) is 5.11 Å². The van der Waals surface area contributed by atoms with E-state index in [9.17, 15) is 9.59 Å². The SMILES string of the molecule is O=C(O)c1cn(CCN2CCCCCC2=O)cn1. The van der Waals surface area contributed by atoms with Crippen LogP contribution in [-0.2, 0) is 11.3 Å². The minimum Gasteiger partial charge on any atom is -0.476 e. The number of carbonyl (C=O) groups is 2. The van der Waals surface area contributed by atoms with Crippen molar-refractivity contribution in [2.45, 2.75) is 32.2 Å². The van der Waals surface area contributed by atoms with Gasteiger partial charge in [0.1, 0.15) is 0 Å². The average molecular weight is 251 g/mol. The summed E-state index contributed by atoms with van der Waals surface area (Å²) in [7, 11) is 0. The Morgan fingerprint density at radius 3 is 2.89 bits per heavy atom. The summed E-state index contributed by atoms with van der Waals surface area (Å²) in [6.07, 6.45) is 6.75. The topological polar surface area (TPSA) is 75.4 Å². The monoisotopic (exact) mass is 251 g/mol. The number of hydrogen-bond donors (Lipinski definition) is 1. The predicted octanol–water partition coefficient (Wildman–Crippen LogP) is 0.984. The van der Waals surface area contributed by atoms with Crippen molar-refractivity contribution >= 4 is 11.9 Å². The van der Waals surface area contributed by atoms with Gasteiger partial charge in [0.05, 0.1) is 6.33 Å². The van der Waals surface area contributed by atoms with Gasteiger partial charge in [-0.15, -0.1) is 0 Å². The molecular weight excluding hydrogens is 234 g/mol. The van der Waals surface area contributed by atoms with E-state index in [1.54, 1.807) is 4.57 Å². The summed E-state index contributed by atoms with van der Waals surface area (Å²) in [6.45, 7) is 2.01. The third-order valence-electron chi connectivity index (χ3n) is 3.15. The molecule has 1 amide bonds. The first-order chi connectivity index (χ1) is 8.66. The molecule has 1 aromatic rings. The normalized spacial score (nSPS) is 16.7. The highest BCUT2D eigenvalue weighted by molar-refractivity contribution is 5.84. The first-order valence-corrected chi connectivity index (χ1v) is 6.19. The Hall–Kier alpha value is -1.85. The van der Waals surface area contributed by atoms with Crippen LogP contribution >= 0.6 is 0 Å². The summed E-state index contributed by atoms with van der Waals surface area (Å²) < 4.78 is 1.71. The highest BCUT2D eigenvalue weighted by Crippen LogP contribution is 2.11. The zero-order valence-corrected chi connectivity index (χ0v) is 10.2. The molecule has 1 saturated heterocycles. The van der Waals surface area contributed by atoms with Crippen molar-refractivity contribution in [2.75, 3.05) is 13.1 Å². The van der Waals surface area contributed by atoms with Crippen LogP contribution in [0.5, 0.6) is 0 Å². The fraction of sp³-hybridized carbons (Fsp3) is 0.583. The Morgan fingerprint density at radius 1 is 1.33 bits per heavy atom. The number of carboxylic acid groups (broad SMARTS) is 1. The highest BCUT2D eigenvalue weighted by Gasteiger charge is 2.16. The molecule has 0 radical (unpaired) electrons. The van der Waals surface area contributed by atoms with Gasteiger partial charge in [-0.25, -0.2) is 9.78 Å². The van der Waals surface area contributed by atoms with Crippen LogP contribution in [-0.4, -0.2) is 44.5 Å². The molecule has 0 bridgehead atoms. The van der Waals surface area contributed by atoms with Crippen LogP contribution in [0.1, 0.15) is 36.2 Å². The van der Waals surface area contributed by atoms with E-state index < -0.39 is 5.97 Å². The molecule has 1 fully saturated rings. The minimum atomic E-state index is -1.03. The van der Waals surface area contributed by atoms with E-state index in [0.717, 1.165) is 25.8 Å². The lowest BCUT2D eigenvalue weighted by atomic mass is 10.2. The standard InChI is InChI=1S/C12H17N3O3/c16-11-4-2-1-3-5-15(11)7-6-14-8-10(12(17)18)13-9-14/h8-9H,1-7H2,(H,17,18). The number of nitrogens with zero attached hydrogens (tertiary/aromatic N) is 3. The number of carbonyl (C=O) groups excluding carboxylic acids is 1. The van der Waals surface area contributed by atoms with Gasteiger partial charge in [-0.3, -0.25) is 4.79 Å². The molecule has 1 N–H and O–H groups in total. The Balaban J connectivity index is 1.89. The van der Waals surface area contributed by atoms with Crippen LogP contribution in [0.15, 0.2) is 12.5 Å². The van der Waals surface area contributed by atoms with Crippen molar-refractivity contribution in [3.63, 3.8) is 0 Å². The zero-order valence-electron chi connectivity index (χ0n) is 10.2. The summed E-state index contributed by atoms with van der Waals surface area (Å²) in [6, 6.07) is 0. The minimum absolute atomic E-state index is 0.0391. The maximum absolute atomic E-state index is 11.8. The van der Waals surface area contributed by atoms with Gasteiger partial charge in [0.2, 0.25) is 5.91 Å². The van der Waals surface area contributed by atoms with Gasteiger partial charge in [-0.05, 0) is 12.8 Å². The Morgan fingerprint density at radius 2 is 2.17 bits per heavy atom. The summed E-state index contributed by atoms with van der Waals surface area (Å²) in [4.78, 5) is 28.1. The van der Waals surface area contributed by atoms with E-state index in [-0.39, 0.29) is 11.6 Å². The molecule has 18 heavy (non-hydrogen) atoms. The van der Waals surface area contributed by atoms with Crippen LogP contribution in [0.25, 0.3) is 0 Å². The van der Waals surface area contributed by atoms with Crippen molar-refractivity contribution in [3.05, 3.63) is 18.2 Å². The lowest BCUT2D eigenvalue weighted by Gasteiger charge is -2.20. The quantitative estimate of drug-likeness (QED) is 0.865. The molecule has 0 aliphatic carbocycles. The van der Waals surface area contributed by atoms with Gasteiger partial charge in [-0.1, -0.05) is 6.42 Å². The average Bonchev–Trinajstić information content (AvgIpc) is 2.72. The number of rotatable bonds is 4. The molecule has 2 rings (SSSR count). The van der Waals surface area contributed by atoms with Crippen molar-refractivity contribution in [1.82, 2.24) is 14.5 Å². The molecule has 6 nitrogen and oxygen atoms in total. The third-order valence-corrected chi connectivity index (χ3v) is 3.15. The summed E-state index contributed by atoms with van der Waals surface area (Å²) in [5.74, 6) is -0.828. The molecule has 98 valence electrons. The van der Waals surface area contributed by atoms with Crippen LogP contribution < -0.4 is 0 Å². The van der Waals surface area contributed by atoms with Crippen LogP contribution in [0, 0.1) is 0 Å². The maximum Gasteiger partial charge on any atom is 0.356 e. The second-order valence-corrected chi connectivity index (χ2v) is 4.49. The van der Waals surface area contributed by atoms with Gasteiger partial charge in [0, 0.05) is 32.3 Å². The van der Waals surface area contributed by atoms with Crippen molar-refractivity contribution in [3.8, 4) is 0 Å². The third kappa shape index (κ3) is 3.09. The fourth-order valence-electron chi connectivity index (χ4n) is 2.10. The van der Waals surface area contributed by atoms with Gasteiger partial charge < -0.3 is 14.6 Å². The number of hydrogen-bond acceptors (Lipinski definition) is 3. The maximum atomic E-state index is 11.8. The molecule has 0 atom stereocenters. The number of carboxylic acids is 1. The van der Waals surface area contributed by atoms with Crippen molar-refractivity contribution < 1.29 is 14.7 Å². The lowest BCUT2D eigenvalue weighted by molar-refractivity contribution is -0.130. The largest absolute Gasteiger partial charge is 0.476 e. The van der Waals surface area contributed by atoms with Crippen molar-refractivity contribution in [2.24, 2.45) is 0 Å². The zero-order chi connectivity index (χ0) is 13.0. The Kier molecular flexibility index (Phi) is 3.96. The van der Waals surface area contributed by atoms with Crippen LogP contribution in [0.3, 0.4) is 0 Å². The van der Waals surface area contributed by atoms with E-state index in [0.29, 0.717) is 19.5 Å². The molecule has 2 heterocycles. The molecule has 0 spiro atoms. The number of aromatic carboxylic acids is 1. The molecule has 1 aliphatic rings. The molecule has 0 saturated carbocycles. The first kappa shape index (κ1) is 12.6. The van der Waals surface area contributed by atoms with Crippen LogP contribution in [0.2, 0.25) is 0 Å². The first-order valence-electron chi connectivity index (χ1n) is 6.19. The molecule has 0 unspecified atom stereocenters. The smallest absolute Gasteiger partial charge is 0.356 e. The predicted molar refractivity (Wildman–Crippen MR) is 64.2 cm³/mol. The molecule has 1 aliphatic heterocycles. The van der Waals surface area contributed by atoms with Crippen molar-refractivity contribution in [1.29, 1.82) is 0 Å². The fourth-order valence-corrected chi connectivity index (χ4v) is 2.10. The molecule has 1 aromatic heterocycles. The number of aromatic nitrogens is 2. The Bertz CT molecular complexity index is 442. The van der Waals surface area contributed by atoms with E-state index in [2.05, 4.69) is 4.98 Å². The molecule has 0 aromatic carbocycles. The Labute approximate surface area is 105 Å². The van der Waals surface area contributed by atoms with E-state index >= 15 is 0 Å².